The molecular formula is C16H23Cl2IN2O2. The summed E-state index contributed by atoms with van der Waals surface area (Å²) in [6.45, 7) is 0. The van der Waals surface area contributed by atoms with Crippen LogP contribution >= 0.6 is 47.4 Å². The van der Waals surface area contributed by atoms with Gasteiger partial charge >= 0.3 is 5.97 Å². The second-order valence-corrected chi connectivity index (χ2v) is 7.30. The van der Waals surface area contributed by atoms with E-state index in [0.717, 1.165) is 22.1 Å². The highest BCUT2D eigenvalue weighted by Crippen LogP contribution is 2.46. The van der Waals surface area contributed by atoms with Crippen LogP contribution < -0.4 is 5.73 Å². The van der Waals surface area contributed by atoms with E-state index in [1.54, 1.807) is 0 Å². The van der Waals surface area contributed by atoms with E-state index in [2.05, 4.69) is 46.7 Å². The Kier molecular flexibility index (Phi) is 7.44. The highest BCUT2D eigenvalue weighted by Gasteiger charge is 2.49. The molecular weight excluding hydrogens is 450 g/mol. The molecule has 2 aliphatic heterocycles. The van der Waals surface area contributed by atoms with Crippen LogP contribution in [0.2, 0.25) is 0 Å². The van der Waals surface area contributed by atoms with E-state index in [1.807, 2.05) is 6.07 Å². The van der Waals surface area contributed by atoms with E-state index in [4.69, 9.17) is 10.5 Å². The Labute approximate surface area is 163 Å². The van der Waals surface area contributed by atoms with E-state index < -0.39 is 0 Å². The van der Waals surface area contributed by atoms with Crippen LogP contribution in [0.25, 0.3) is 0 Å². The number of halogens is 3. The molecule has 2 aliphatic rings. The maximum Gasteiger partial charge on any atom is 0.310 e. The number of esters is 1. The van der Waals surface area contributed by atoms with Gasteiger partial charge < -0.3 is 10.5 Å². The van der Waals surface area contributed by atoms with Crippen molar-refractivity contribution in [2.24, 2.45) is 5.92 Å². The highest BCUT2D eigenvalue weighted by molar-refractivity contribution is 14.1. The minimum absolute atomic E-state index is 0. The number of carbonyl (C=O) groups excluding carboxylic acids is 1. The zero-order chi connectivity index (χ0) is 15.1. The molecule has 2 saturated heterocycles. The Morgan fingerprint density at radius 1 is 1.35 bits per heavy atom. The fourth-order valence-corrected chi connectivity index (χ4v) is 4.58. The molecule has 2 heterocycles. The Bertz CT molecular complexity index is 573. The van der Waals surface area contributed by atoms with Gasteiger partial charge in [-0.25, -0.2) is 0 Å². The molecule has 0 saturated carbocycles. The summed E-state index contributed by atoms with van der Waals surface area (Å²) in [7, 11) is 3.63. The van der Waals surface area contributed by atoms with Crippen LogP contribution in [0.4, 0.5) is 5.69 Å². The number of nitrogen functional groups attached to an aromatic ring is 1. The summed E-state index contributed by atoms with van der Waals surface area (Å²) < 4.78 is 6.16. The van der Waals surface area contributed by atoms with Crippen LogP contribution in [0.15, 0.2) is 18.2 Å². The number of fused-ring (bicyclic) bond motifs is 2. The Balaban J connectivity index is 0.00000132. The number of ether oxygens (including phenoxy) is 1. The van der Waals surface area contributed by atoms with Crippen LogP contribution in [0.1, 0.15) is 30.7 Å². The maximum absolute atomic E-state index is 12.4. The number of hydrogen-bond donors (Lipinski definition) is 1. The lowest BCUT2D eigenvalue weighted by molar-refractivity contribution is -0.150. The molecule has 2 fully saturated rings. The SMILES string of the molecule is COC(=O)[C@@H]1C2CCC(C[C@@H]1c1ccc(N)c(I)c1)N2C.Cl.Cl. The number of nitrogens with two attached hydrogens (primary N) is 1. The first kappa shape index (κ1) is 20.8. The summed E-state index contributed by atoms with van der Waals surface area (Å²) >= 11 is 2.26. The zero-order valence-corrected chi connectivity index (χ0v) is 17.0. The standard InChI is InChI=1S/C16H21IN2O2.2ClH/c1-19-10-4-6-14(19)15(16(20)21-2)11(8-10)9-3-5-13(18)12(17)7-9;;/h3,5,7,10-11,14-15H,4,6,8,18H2,1-2H3;2*1H/t10?,11-,14?,15+;;/m1../s1. The normalized spacial score (nSPS) is 29.3. The molecule has 7 heteroatoms. The van der Waals surface area contributed by atoms with E-state index in [-0.39, 0.29) is 42.6 Å². The van der Waals surface area contributed by atoms with Gasteiger partial charge in [0, 0.05) is 27.3 Å². The van der Waals surface area contributed by atoms with Crippen molar-refractivity contribution in [3.05, 3.63) is 27.3 Å². The molecule has 4 atom stereocenters. The van der Waals surface area contributed by atoms with Crippen molar-refractivity contribution in [3.63, 3.8) is 0 Å². The molecule has 3 rings (SSSR count). The van der Waals surface area contributed by atoms with Gasteiger partial charge in [-0.05, 0) is 66.6 Å². The molecule has 0 radical (unpaired) electrons. The molecule has 2 unspecified atom stereocenters. The molecule has 2 bridgehead atoms. The topological polar surface area (TPSA) is 55.6 Å². The second-order valence-electron chi connectivity index (χ2n) is 6.14. The summed E-state index contributed by atoms with van der Waals surface area (Å²) in [5.74, 6) is 0.0856. The predicted molar refractivity (Wildman–Crippen MR) is 106 cm³/mol. The molecule has 0 spiro atoms. The molecule has 130 valence electrons. The van der Waals surface area contributed by atoms with Crippen LogP contribution in [0.5, 0.6) is 0 Å². The van der Waals surface area contributed by atoms with Crippen molar-refractivity contribution in [1.82, 2.24) is 4.90 Å². The first-order valence-electron chi connectivity index (χ1n) is 7.37. The van der Waals surface area contributed by atoms with Crippen molar-refractivity contribution in [3.8, 4) is 0 Å². The van der Waals surface area contributed by atoms with Crippen LogP contribution in [0.3, 0.4) is 0 Å². The van der Waals surface area contributed by atoms with E-state index in [9.17, 15) is 4.79 Å². The Morgan fingerprint density at radius 2 is 2.04 bits per heavy atom. The smallest absolute Gasteiger partial charge is 0.310 e. The molecule has 4 nitrogen and oxygen atoms in total. The minimum atomic E-state index is -0.0796. The van der Waals surface area contributed by atoms with Gasteiger partial charge in [-0.3, -0.25) is 9.69 Å². The number of rotatable bonds is 2. The van der Waals surface area contributed by atoms with Crippen LogP contribution in [0, 0.1) is 9.49 Å². The van der Waals surface area contributed by atoms with Gasteiger partial charge in [0.05, 0.1) is 13.0 Å². The summed E-state index contributed by atoms with van der Waals surface area (Å²) in [4.78, 5) is 14.7. The molecule has 2 N–H and O–H groups in total. The number of piperidine rings is 1. The predicted octanol–water partition coefficient (Wildman–Crippen LogP) is 3.46. The summed E-state index contributed by atoms with van der Waals surface area (Å²) in [5, 5.41) is 0. The first-order chi connectivity index (χ1) is 10.0. The highest BCUT2D eigenvalue weighted by atomic mass is 127. The van der Waals surface area contributed by atoms with Crippen molar-refractivity contribution in [1.29, 1.82) is 0 Å². The third kappa shape index (κ3) is 3.72. The van der Waals surface area contributed by atoms with Gasteiger partial charge in [-0.15, -0.1) is 24.8 Å². The van der Waals surface area contributed by atoms with Crippen LogP contribution in [-0.2, 0) is 9.53 Å². The Morgan fingerprint density at radius 3 is 2.65 bits per heavy atom. The zero-order valence-electron chi connectivity index (χ0n) is 13.2. The second kappa shape index (κ2) is 8.23. The minimum Gasteiger partial charge on any atom is -0.469 e. The number of hydrogen-bond acceptors (Lipinski definition) is 4. The number of nitrogens with zero attached hydrogens (tertiary/aromatic N) is 1. The fourth-order valence-electron chi connectivity index (χ4n) is 4.04. The van der Waals surface area contributed by atoms with Gasteiger partial charge in [-0.1, -0.05) is 6.07 Å². The Hall–Kier alpha value is -0.240. The molecule has 0 amide bonds. The lowest BCUT2D eigenvalue weighted by Crippen LogP contribution is -2.49. The van der Waals surface area contributed by atoms with Crippen molar-refractivity contribution in [2.75, 3.05) is 19.9 Å². The van der Waals surface area contributed by atoms with Crippen LogP contribution in [-0.4, -0.2) is 37.1 Å². The average molecular weight is 473 g/mol. The van der Waals surface area contributed by atoms with E-state index in [1.165, 1.54) is 19.1 Å². The van der Waals surface area contributed by atoms with Gasteiger partial charge in [0.2, 0.25) is 0 Å². The fraction of sp³-hybridized carbons (Fsp3) is 0.562. The van der Waals surface area contributed by atoms with Gasteiger partial charge in [0.15, 0.2) is 0 Å². The number of anilines is 1. The molecule has 1 aromatic carbocycles. The molecule has 0 aliphatic carbocycles. The van der Waals surface area contributed by atoms with Crippen molar-refractivity contribution >= 4 is 59.1 Å². The summed E-state index contributed by atoms with van der Waals surface area (Å²) in [6.07, 6.45) is 3.29. The number of methoxy groups -OCH3 is 1. The maximum atomic E-state index is 12.4. The lowest BCUT2D eigenvalue weighted by atomic mass is 9.76. The lowest BCUT2D eigenvalue weighted by Gasteiger charge is -2.41. The summed E-state index contributed by atoms with van der Waals surface area (Å²) in [6, 6.07) is 7.03. The largest absolute Gasteiger partial charge is 0.469 e. The third-order valence-electron chi connectivity index (χ3n) is 5.19. The third-order valence-corrected chi connectivity index (χ3v) is 6.13. The monoisotopic (exact) mass is 472 g/mol. The quantitative estimate of drug-likeness (QED) is 0.407. The number of carbonyl (C=O) groups is 1. The van der Waals surface area contributed by atoms with Gasteiger partial charge in [0.25, 0.3) is 0 Å². The van der Waals surface area contributed by atoms with Crippen molar-refractivity contribution < 1.29 is 9.53 Å². The molecule has 0 aromatic heterocycles. The van der Waals surface area contributed by atoms with Gasteiger partial charge in [-0.2, -0.15) is 0 Å². The van der Waals surface area contributed by atoms with E-state index >= 15 is 0 Å². The molecule has 1 aromatic rings. The van der Waals surface area contributed by atoms with E-state index in [0.29, 0.717) is 12.1 Å². The average Bonchev–Trinajstić information content (AvgIpc) is 2.72. The number of benzene rings is 1. The van der Waals surface area contributed by atoms with Crippen molar-refractivity contribution in [2.45, 2.75) is 37.3 Å². The van der Waals surface area contributed by atoms with Gasteiger partial charge in [0.1, 0.15) is 0 Å². The molecule has 23 heavy (non-hydrogen) atoms. The first-order valence-corrected chi connectivity index (χ1v) is 8.45. The summed E-state index contributed by atoms with van der Waals surface area (Å²) in [5.41, 5.74) is 7.93.